The molecule has 5 nitrogen and oxygen atoms in total. The highest BCUT2D eigenvalue weighted by molar-refractivity contribution is 6.09. The summed E-state index contributed by atoms with van der Waals surface area (Å²) in [5.74, 6) is 1.01. The van der Waals surface area contributed by atoms with Crippen molar-refractivity contribution in [1.82, 2.24) is 9.88 Å². The lowest BCUT2D eigenvalue weighted by atomic mass is 9.90. The fourth-order valence-electron chi connectivity index (χ4n) is 4.41. The molecule has 6 heteroatoms. The molecule has 2 aliphatic heterocycles. The summed E-state index contributed by atoms with van der Waals surface area (Å²) in [6.07, 6.45) is 3.49. The smallest absolute Gasteiger partial charge is 0.254 e. The number of hydrogen-bond donors (Lipinski definition) is 0. The van der Waals surface area contributed by atoms with Crippen molar-refractivity contribution < 1.29 is 18.7 Å². The topological polar surface area (TPSA) is 51.7 Å². The molecule has 4 aromatic rings. The van der Waals surface area contributed by atoms with E-state index in [1.165, 1.54) is 12.1 Å². The van der Waals surface area contributed by atoms with E-state index in [9.17, 15) is 9.18 Å². The maximum atomic E-state index is 13.6. The zero-order valence-corrected chi connectivity index (χ0v) is 16.5. The molecule has 31 heavy (non-hydrogen) atoms. The first-order valence-corrected chi connectivity index (χ1v) is 10.0. The molecule has 0 spiro atoms. The van der Waals surface area contributed by atoms with E-state index < -0.39 is 0 Å². The molecule has 3 aromatic carbocycles. The fourth-order valence-corrected chi connectivity index (χ4v) is 4.41. The SMILES string of the molecule is O=C1c2cc3cc4c(cc3c(-c3ccc(F)cc3)c2CN1Cc1cccnc1)OCO4. The second-order valence-corrected chi connectivity index (χ2v) is 7.73. The predicted octanol–water partition coefficient (Wildman–Crippen LogP) is 4.93. The average Bonchev–Trinajstić information content (AvgIpc) is 3.36. The van der Waals surface area contributed by atoms with Gasteiger partial charge in [0.15, 0.2) is 11.5 Å². The van der Waals surface area contributed by atoms with Gasteiger partial charge in [-0.05, 0) is 69.4 Å². The van der Waals surface area contributed by atoms with E-state index in [0.29, 0.717) is 30.2 Å². The van der Waals surface area contributed by atoms with Crippen LogP contribution in [0.2, 0.25) is 0 Å². The van der Waals surface area contributed by atoms with E-state index in [2.05, 4.69) is 4.98 Å². The maximum absolute atomic E-state index is 13.6. The number of fused-ring (bicyclic) bond motifs is 3. The molecule has 0 atom stereocenters. The molecule has 0 aliphatic carbocycles. The van der Waals surface area contributed by atoms with Gasteiger partial charge in [0, 0.05) is 31.0 Å². The third kappa shape index (κ3) is 2.91. The van der Waals surface area contributed by atoms with Gasteiger partial charge in [0.05, 0.1) is 0 Å². The van der Waals surface area contributed by atoms with Crippen LogP contribution in [0.5, 0.6) is 11.5 Å². The van der Waals surface area contributed by atoms with Crippen LogP contribution in [0.25, 0.3) is 21.9 Å². The number of amides is 1. The molecular weight excluding hydrogens is 395 g/mol. The Morgan fingerprint density at radius 2 is 1.84 bits per heavy atom. The molecule has 2 aliphatic rings. The summed E-state index contributed by atoms with van der Waals surface area (Å²) in [5.41, 5.74) is 4.35. The maximum Gasteiger partial charge on any atom is 0.254 e. The Bertz CT molecular complexity index is 1340. The van der Waals surface area contributed by atoms with E-state index in [0.717, 1.165) is 33.0 Å². The van der Waals surface area contributed by atoms with Crippen LogP contribution in [-0.4, -0.2) is 22.6 Å². The van der Waals surface area contributed by atoms with Crippen molar-refractivity contribution in [3.63, 3.8) is 0 Å². The number of nitrogens with zero attached hydrogens (tertiary/aromatic N) is 2. The van der Waals surface area contributed by atoms with Gasteiger partial charge in [0.1, 0.15) is 5.82 Å². The van der Waals surface area contributed by atoms with Crippen LogP contribution in [0.15, 0.2) is 67.0 Å². The lowest BCUT2D eigenvalue weighted by Crippen LogP contribution is -2.23. The Balaban J connectivity index is 1.54. The van der Waals surface area contributed by atoms with Gasteiger partial charge in [-0.15, -0.1) is 0 Å². The highest BCUT2D eigenvalue weighted by Gasteiger charge is 2.32. The number of aromatic nitrogens is 1. The molecule has 1 aromatic heterocycles. The van der Waals surface area contributed by atoms with Crippen molar-refractivity contribution >= 4 is 16.7 Å². The third-order valence-corrected chi connectivity index (χ3v) is 5.84. The number of rotatable bonds is 3. The first kappa shape index (κ1) is 17.9. The molecule has 0 fully saturated rings. The number of halogens is 1. The Kier molecular flexibility index (Phi) is 3.93. The molecule has 0 radical (unpaired) electrons. The zero-order chi connectivity index (χ0) is 20.9. The summed E-state index contributed by atoms with van der Waals surface area (Å²) in [4.78, 5) is 19.3. The van der Waals surface area contributed by atoms with E-state index in [4.69, 9.17) is 9.47 Å². The highest BCUT2D eigenvalue weighted by Crippen LogP contribution is 2.44. The monoisotopic (exact) mass is 412 g/mol. The predicted molar refractivity (Wildman–Crippen MR) is 113 cm³/mol. The van der Waals surface area contributed by atoms with Gasteiger partial charge in [-0.25, -0.2) is 4.39 Å². The van der Waals surface area contributed by atoms with Crippen LogP contribution in [0, 0.1) is 5.82 Å². The standard InChI is InChI=1S/C25H17FN2O3/c26-18-5-3-16(4-6-18)24-19-10-23-22(30-14-31-23)9-17(19)8-20-21(24)13-28(25(20)29)12-15-2-1-7-27-11-15/h1-11H,12-14H2. The number of hydrogen-bond acceptors (Lipinski definition) is 4. The van der Waals surface area contributed by atoms with E-state index >= 15 is 0 Å². The molecule has 0 saturated carbocycles. The van der Waals surface area contributed by atoms with Gasteiger partial charge < -0.3 is 14.4 Å². The first-order valence-electron chi connectivity index (χ1n) is 10.0. The van der Waals surface area contributed by atoms with E-state index in [1.54, 1.807) is 24.5 Å². The normalized spacial score (nSPS) is 14.4. The first-order chi connectivity index (χ1) is 15.2. The van der Waals surface area contributed by atoms with Gasteiger partial charge in [0.25, 0.3) is 5.91 Å². The molecule has 3 heterocycles. The van der Waals surface area contributed by atoms with Crippen molar-refractivity contribution in [2.45, 2.75) is 13.1 Å². The Morgan fingerprint density at radius 3 is 2.61 bits per heavy atom. The van der Waals surface area contributed by atoms with Crippen LogP contribution in [0.4, 0.5) is 4.39 Å². The van der Waals surface area contributed by atoms with Crippen molar-refractivity contribution in [1.29, 1.82) is 0 Å². The minimum absolute atomic E-state index is 0.0261. The van der Waals surface area contributed by atoms with Crippen molar-refractivity contribution in [2.24, 2.45) is 0 Å². The quantitative estimate of drug-likeness (QED) is 0.479. The summed E-state index contributed by atoms with van der Waals surface area (Å²) >= 11 is 0. The van der Waals surface area contributed by atoms with Crippen LogP contribution in [0.3, 0.4) is 0 Å². The van der Waals surface area contributed by atoms with Crippen molar-refractivity contribution in [3.05, 3.63) is 89.5 Å². The van der Waals surface area contributed by atoms with Gasteiger partial charge in [0.2, 0.25) is 6.79 Å². The molecule has 6 rings (SSSR count). The zero-order valence-electron chi connectivity index (χ0n) is 16.5. The van der Waals surface area contributed by atoms with Crippen molar-refractivity contribution in [2.75, 3.05) is 6.79 Å². The van der Waals surface area contributed by atoms with Crippen LogP contribution >= 0.6 is 0 Å². The van der Waals surface area contributed by atoms with Gasteiger partial charge in [-0.3, -0.25) is 9.78 Å². The Morgan fingerprint density at radius 1 is 1.03 bits per heavy atom. The number of benzene rings is 3. The molecule has 0 saturated heterocycles. The number of ether oxygens (including phenoxy) is 2. The minimum Gasteiger partial charge on any atom is -0.454 e. The number of pyridine rings is 1. The summed E-state index contributed by atoms with van der Waals surface area (Å²) in [6, 6.07) is 16.0. The molecular formula is C25H17FN2O3. The van der Waals surface area contributed by atoms with Crippen LogP contribution in [0.1, 0.15) is 21.5 Å². The second kappa shape index (κ2) is 6.80. The second-order valence-electron chi connectivity index (χ2n) is 7.73. The minimum atomic E-state index is -0.299. The Hall–Kier alpha value is -3.93. The number of carbonyl (C=O) groups is 1. The lowest BCUT2D eigenvalue weighted by molar-refractivity contribution is 0.0766. The summed E-state index contributed by atoms with van der Waals surface area (Å²) in [7, 11) is 0. The number of carbonyl (C=O) groups excluding carboxylic acids is 1. The molecule has 1 amide bonds. The largest absolute Gasteiger partial charge is 0.454 e. The summed E-state index contributed by atoms with van der Waals surface area (Å²) in [6.45, 7) is 1.12. The third-order valence-electron chi connectivity index (χ3n) is 5.84. The van der Waals surface area contributed by atoms with Gasteiger partial charge >= 0.3 is 0 Å². The lowest BCUT2D eigenvalue weighted by Gasteiger charge is -2.16. The van der Waals surface area contributed by atoms with Crippen LogP contribution < -0.4 is 9.47 Å². The van der Waals surface area contributed by atoms with Crippen molar-refractivity contribution in [3.8, 4) is 22.6 Å². The summed E-state index contributed by atoms with van der Waals surface area (Å²) in [5, 5.41) is 1.84. The van der Waals surface area contributed by atoms with Gasteiger partial charge in [-0.1, -0.05) is 18.2 Å². The molecule has 0 N–H and O–H groups in total. The highest BCUT2D eigenvalue weighted by atomic mass is 19.1. The Labute approximate surface area is 177 Å². The van der Waals surface area contributed by atoms with Crippen LogP contribution in [-0.2, 0) is 13.1 Å². The fraction of sp³-hybridized carbons (Fsp3) is 0.120. The molecule has 0 bridgehead atoms. The van der Waals surface area contributed by atoms with E-state index in [1.807, 2.05) is 35.2 Å². The van der Waals surface area contributed by atoms with E-state index in [-0.39, 0.29) is 18.5 Å². The summed E-state index contributed by atoms with van der Waals surface area (Å²) < 4.78 is 24.8. The molecule has 0 unspecified atom stereocenters. The van der Waals surface area contributed by atoms with Gasteiger partial charge in [-0.2, -0.15) is 0 Å². The molecule has 152 valence electrons. The average molecular weight is 412 g/mol.